The number of aliphatic hydroxyl groups excluding tert-OH is 1. The zero-order valence-corrected chi connectivity index (χ0v) is 18.9. The first kappa shape index (κ1) is 23.3. The molecule has 1 fully saturated rings. The second-order valence-corrected chi connectivity index (χ2v) is 8.80. The van der Waals surface area contributed by atoms with E-state index in [0.29, 0.717) is 29.3 Å². The van der Waals surface area contributed by atoms with Crippen LogP contribution < -0.4 is 0 Å². The number of rotatable bonds is 10. The molecule has 0 aliphatic heterocycles. The molecule has 0 amide bonds. The van der Waals surface area contributed by atoms with E-state index in [2.05, 4.69) is 10.2 Å². The Morgan fingerprint density at radius 2 is 1.86 bits per heavy atom. The van der Waals surface area contributed by atoms with Gasteiger partial charge in [0.25, 0.3) is 6.43 Å². The van der Waals surface area contributed by atoms with Gasteiger partial charge in [0, 0.05) is 23.9 Å². The molecule has 1 aliphatic carbocycles. The van der Waals surface area contributed by atoms with Crippen LogP contribution in [0.25, 0.3) is 5.69 Å². The molecule has 5 rings (SSSR count). The number of aliphatic hydroxyl groups is 1. The average Bonchev–Trinajstić information content (AvgIpc) is 3.35. The zero-order valence-electron chi connectivity index (χ0n) is 18.9. The highest BCUT2D eigenvalue weighted by Crippen LogP contribution is 2.32. The smallest absolute Gasteiger partial charge is 0.282 e. The number of ether oxygens (including phenoxy) is 1. The lowest BCUT2D eigenvalue weighted by molar-refractivity contribution is 0.106. The highest BCUT2D eigenvalue weighted by Gasteiger charge is 2.26. The summed E-state index contributed by atoms with van der Waals surface area (Å²) in [6.07, 6.45) is 1.48. The normalized spacial score (nSPS) is 14.5. The molecular weight excluding hydrogens is 457 g/mol. The van der Waals surface area contributed by atoms with E-state index >= 15 is 0 Å². The first-order valence-corrected chi connectivity index (χ1v) is 11.5. The van der Waals surface area contributed by atoms with Gasteiger partial charge in [-0.15, -0.1) is 0 Å². The maximum atomic E-state index is 14.1. The summed E-state index contributed by atoms with van der Waals surface area (Å²) in [5, 5.41) is 19.4. The van der Waals surface area contributed by atoms with Crippen LogP contribution in [-0.2, 0) is 24.5 Å². The molecule has 182 valence electrons. The first-order chi connectivity index (χ1) is 17.0. The topological polar surface area (TPSA) is 65.1 Å². The minimum atomic E-state index is -2.84. The molecule has 2 aromatic carbocycles. The predicted octanol–water partition coefficient (Wildman–Crippen LogP) is 5.35. The Morgan fingerprint density at radius 3 is 2.60 bits per heavy atom. The molecule has 2 heterocycles. The van der Waals surface area contributed by atoms with Crippen molar-refractivity contribution in [3.05, 3.63) is 101 Å². The summed E-state index contributed by atoms with van der Waals surface area (Å²) < 4.78 is 50.1. The van der Waals surface area contributed by atoms with Gasteiger partial charge in [0.2, 0.25) is 0 Å². The van der Waals surface area contributed by atoms with Crippen LogP contribution in [0.15, 0.2) is 67.0 Å². The van der Waals surface area contributed by atoms with Gasteiger partial charge in [0.05, 0.1) is 30.8 Å². The summed E-state index contributed by atoms with van der Waals surface area (Å²) in [4.78, 5) is 0. The third kappa shape index (κ3) is 5.47. The van der Waals surface area contributed by atoms with Gasteiger partial charge in [-0.25, -0.2) is 17.9 Å². The SMILES string of the molecule is OC(c1cnn(CC2CC2)c1)c1cc(C(F)F)nn1-c1ccc(F)cc1COCc1ccccc1. The number of hydrogen-bond donors (Lipinski definition) is 1. The van der Waals surface area contributed by atoms with Gasteiger partial charge in [0.1, 0.15) is 17.6 Å². The maximum Gasteiger partial charge on any atom is 0.282 e. The van der Waals surface area contributed by atoms with E-state index in [1.807, 2.05) is 30.3 Å². The van der Waals surface area contributed by atoms with Crippen LogP contribution in [0.5, 0.6) is 0 Å². The number of nitrogens with zero attached hydrogens (tertiary/aromatic N) is 4. The van der Waals surface area contributed by atoms with Gasteiger partial charge in [-0.3, -0.25) is 4.68 Å². The summed E-state index contributed by atoms with van der Waals surface area (Å²) in [5.41, 5.74) is 1.85. The number of alkyl halides is 2. The standard InChI is InChI=1S/C26H25F3N4O2/c27-21-8-9-23(19(10-21)16-35-15-18-4-2-1-3-5-18)33-24(11-22(31-33)26(28)29)25(34)20-12-30-32(14-20)13-17-6-7-17/h1-5,8-12,14,17,25-26,34H,6-7,13,15-16H2. The molecule has 1 aliphatic rings. The van der Waals surface area contributed by atoms with Gasteiger partial charge in [-0.05, 0) is 48.6 Å². The molecule has 1 unspecified atom stereocenters. The van der Waals surface area contributed by atoms with Crippen molar-refractivity contribution in [2.24, 2.45) is 5.92 Å². The van der Waals surface area contributed by atoms with Crippen LogP contribution in [0.1, 0.15) is 53.4 Å². The first-order valence-electron chi connectivity index (χ1n) is 11.5. The van der Waals surface area contributed by atoms with Crippen molar-refractivity contribution in [3.8, 4) is 5.69 Å². The quantitative estimate of drug-likeness (QED) is 0.331. The molecule has 6 nitrogen and oxygen atoms in total. The number of halogens is 3. The molecule has 9 heteroatoms. The van der Waals surface area contributed by atoms with E-state index in [-0.39, 0.29) is 12.3 Å². The Hall–Kier alpha value is -3.43. The van der Waals surface area contributed by atoms with Crippen LogP contribution in [0, 0.1) is 11.7 Å². The lowest BCUT2D eigenvalue weighted by atomic mass is 10.1. The molecule has 1 N–H and O–H groups in total. The van der Waals surface area contributed by atoms with E-state index in [9.17, 15) is 18.3 Å². The highest BCUT2D eigenvalue weighted by atomic mass is 19.3. The molecule has 35 heavy (non-hydrogen) atoms. The van der Waals surface area contributed by atoms with Crippen molar-refractivity contribution >= 4 is 0 Å². The van der Waals surface area contributed by atoms with Gasteiger partial charge in [-0.1, -0.05) is 30.3 Å². The molecule has 2 aromatic heterocycles. The lowest BCUT2D eigenvalue weighted by Crippen LogP contribution is -2.11. The molecule has 0 bridgehead atoms. The molecule has 0 spiro atoms. The molecular formula is C26H25F3N4O2. The Morgan fingerprint density at radius 1 is 1.06 bits per heavy atom. The van der Waals surface area contributed by atoms with Crippen LogP contribution >= 0.6 is 0 Å². The Bertz CT molecular complexity index is 1290. The van der Waals surface area contributed by atoms with Gasteiger partial charge < -0.3 is 9.84 Å². The second-order valence-electron chi connectivity index (χ2n) is 8.80. The molecule has 0 saturated heterocycles. The van der Waals surface area contributed by atoms with Gasteiger partial charge in [-0.2, -0.15) is 10.2 Å². The Balaban J connectivity index is 1.45. The number of benzene rings is 2. The third-order valence-corrected chi connectivity index (χ3v) is 6.01. The van der Waals surface area contributed by atoms with Crippen molar-refractivity contribution in [1.82, 2.24) is 19.6 Å². The van der Waals surface area contributed by atoms with E-state index < -0.39 is 24.0 Å². The second kappa shape index (κ2) is 10.1. The van der Waals surface area contributed by atoms with Crippen molar-refractivity contribution in [1.29, 1.82) is 0 Å². The zero-order chi connectivity index (χ0) is 24.4. The molecule has 0 radical (unpaired) electrons. The predicted molar refractivity (Wildman–Crippen MR) is 122 cm³/mol. The van der Waals surface area contributed by atoms with E-state index in [0.717, 1.165) is 24.9 Å². The van der Waals surface area contributed by atoms with Crippen LogP contribution in [-0.4, -0.2) is 24.7 Å². The van der Waals surface area contributed by atoms with Gasteiger partial charge >= 0.3 is 0 Å². The monoisotopic (exact) mass is 482 g/mol. The van der Waals surface area contributed by atoms with E-state index in [1.165, 1.54) is 35.1 Å². The van der Waals surface area contributed by atoms with Crippen molar-refractivity contribution in [3.63, 3.8) is 0 Å². The van der Waals surface area contributed by atoms with Crippen LogP contribution in [0.4, 0.5) is 13.2 Å². The minimum absolute atomic E-state index is 0.0285. The fraction of sp³-hybridized carbons (Fsp3) is 0.308. The molecule has 4 aromatic rings. The Labute approximate surface area is 200 Å². The summed E-state index contributed by atoms with van der Waals surface area (Å²) in [6.45, 7) is 1.09. The fourth-order valence-corrected chi connectivity index (χ4v) is 3.99. The summed E-state index contributed by atoms with van der Waals surface area (Å²) in [6, 6.07) is 14.6. The third-order valence-electron chi connectivity index (χ3n) is 6.01. The minimum Gasteiger partial charge on any atom is -0.382 e. The lowest BCUT2D eigenvalue weighted by Gasteiger charge is -2.16. The highest BCUT2D eigenvalue weighted by molar-refractivity contribution is 5.43. The summed E-state index contributed by atoms with van der Waals surface area (Å²) >= 11 is 0. The summed E-state index contributed by atoms with van der Waals surface area (Å²) in [5.74, 6) is 0.102. The van der Waals surface area contributed by atoms with Crippen molar-refractivity contribution in [2.45, 2.75) is 45.1 Å². The molecule has 1 atom stereocenters. The van der Waals surface area contributed by atoms with Gasteiger partial charge in [0.15, 0.2) is 0 Å². The van der Waals surface area contributed by atoms with E-state index in [4.69, 9.17) is 4.74 Å². The van der Waals surface area contributed by atoms with Crippen molar-refractivity contribution in [2.75, 3.05) is 0 Å². The van der Waals surface area contributed by atoms with Crippen LogP contribution in [0.3, 0.4) is 0 Å². The largest absolute Gasteiger partial charge is 0.382 e. The van der Waals surface area contributed by atoms with E-state index in [1.54, 1.807) is 10.9 Å². The van der Waals surface area contributed by atoms with Crippen molar-refractivity contribution < 1.29 is 23.0 Å². The fourth-order valence-electron chi connectivity index (χ4n) is 3.99. The number of aromatic nitrogens is 4. The maximum absolute atomic E-state index is 14.1. The summed E-state index contributed by atoms with van der Waals surface area (Å²) in [7, 11) is 0. The average molecular weight is 483 g/mol. The number of hydrogen-bond acceptors (Lipinski definition) is 4. The van der Waals surface area contributed by atoms with Crippen LogP contribution in [0.2, 0.25) is 0 Å². The molecule has 1 saturated carbocycles. The Kier molecular flexibility index (Phi) is 6.70.